The van der Waals surface area contributed by atoms with E-state index in [2.05, 4.69) is 20.6 Å². The van der Waals surface area contributed by atoms with E-state index in [0.29, 0.717) is 29.4 Å². The van der Waals surface area contributed by atoms with Crippen molar-refractivity contribution in [2.24, 2.45) is 0 Å². The molecule has 0 fully saturated rings. The number of aromatic nitrogens is 2. The summed E-state index contributed by atoms with van der Waals surface area (Å²) >= 11 is 0. The molecular formula is C21H20N4O3. The van der Waals surface area contributed by atoms with Gasteiger partial charge in [0.25, 0.3) is 5.91 Å². The van der Waals surface area contributed by atoms with Gasteiger partial charge < -0.3 is 15.4 Å². The topological polar surface area (TPSA) is 93.2 Å². The molecule has 1 aromatic heterocycles. The van der Waals surface area contributed by atoms with Crippen molar-refractivity contribution in [3.63, 3.8) is 0 Å². The maximum absolute atomic E-state index is 12.4. The summed E-state index contributed by atoms with van der Waals surface area (Å²) in [5, 5.41) is 5.85. The van der Waals surface area contributed by atoms with Gasteiger partial charge in [-0.25, -0.2) is 9.97 Å². The van der Waals surface area contributed by atoms with Crippen LogP contribution in [0.4, 0.5) is 17.2 Å². The van der Waals surface area contributed by atoms with Crippen LogP contribution in [0.3, 0.4) is 0 Å². The molecule has 0 saturated heterocycles. The Morgan fingerprint density at radius 2 is 1.75 bits per heavy atom. The summed E-state index contributed by atoms with van der Waals surface area (Å²) < 4.78 is 5.50. The van der Waals surface area contributed by atoms with Crippen molar-refractivity contribution in [3.8, 4) is 5.75 Å². The summed E-state index contributed by atoms with van der Waals surface area (Å²) in [6, 6.07) is 14.2. The highest BCUT2D eigenvalue weighted by Crippen LogP contribution is 2.24. The smallest absolute Gasteiger partial charge is 0.275 e. The fourth-order valence-corrected chi connectivity index (χ4v) is 2.48. The standard InChI is InChI=1S/C21H20N4O3/c1-3-28-19-7-5-4-6-17(19)25-21(27)18-12-23-20(13-22-18)24-16-10-8-15(9-11-16)14(2)26/h4-13H,3H2,1-2H3,(H,23,24)(H,25,27). The van der Waals surface area contributed by atoms with Crippen molar-refractivity contribution >= 4 is 28.9 Å². The first kappa shape index (κ1) is 19.0. The summed E-state index contributed by atoms with van der Waals surface area (Å²) in [6.07, 6.45) is 2.87. The number of nitrogens with one attached hydrogen (secondary N) is 2. The van der Waals surface area contributed by atoms with Crippen molar-refractivity contribution in [3.05, 3.63) is 72.2 Å². The second kappa shape index (κ2) is 8.77. The minimum atomic E-state index is -0.378. The summed E-state index contributed by atoms with van der Waals surface area (Å²) in [4.78, 5) is 32.1. The first-order valence-electron chi connectivity index (χ1n) is 8.80. The van der Waals surface area contributed by atoms with Gasteiger partial charge in [-0.15, -0.1) is 0 Å². The van der Waals surface area contributed by atoms with Crippen molar-refractivity contribution in [2.75, 3.05) is 17.2 Å². The molecule has 7 nitrogen and oxygen atoms in total. The summed E-state index contributed by atoms with van der Waals surface area (Å²) in [6.45, 7) is 3.90. The largest absolute Gasteiger partial charge is 0.492 e. The molecule has 0 spiro atoms. The number of hydrogen-bond donors (Lipinski definition) is 2. The van der Waals surface area contributed by atoms with Crippen molar-refractivity contribution < 1.29 is 14.3 Å². The lowest BCUT2D eigenvalue weighted by molar-refractivity contribution is 0.101. The molecule has 7 heteroatoms. The quantitative estimate of drug-likeness (QED) is 0.604. The van der Waals surface area contributed by atoms with Gasteiger partial charge in [0.1, 0.15) is 17.3 Å². The van der Waals surface area contributed by atoms with Crippen LogP contribution in [0.25, 0.3) is 0 Å². The number of ether oxygens (including phenoxy) is 1. The first-order valence-corrected chi connectivity index (χ1v) is 8.80. The van der Waals surface area contributed by atoms with E-state index >= 15 is 0 Å². The lowest BCUT2D eigenvalue weighted by Gasteiger charge is -2.11. The fourth-order valence-electron chi connectivity index (χ4n) is 2.48. The highest BCUT2D eigenvalue weighted by Gasteiger charge is 2.11. The fraction of sp³-hybridized carbons (Fsp3) is 0.143. The van der Waals surface area contributed by atoms with Crippen molar-refractivity contribution in [2.45, 2.75) is 13.8 Å². The first-order chi connectivity index (χ1) is 13.6. The number of para-hydroxylation sites is 2. The van der Waals surface area contributed by atoms with E-state index in [4.69, 9.17) is 4.74 Å². The number of hydrogen-bond acceptors (Lipinski definition) is 6. The Morgan fingerprint density at radius 3 is 2.39 bits per heavy atom. The van der Waals surface area contributed by atoms with Gasteiger partial charge in [-0.3, -0.25) is 9.59 Å². The second-order valence-electron chi connectivity index (χ2n) is 5.93. The minimum Gasteiger partial charge on any atom is -0.492 e. The van der Waals surface area contributed by atoms with Gasteiger partial charge in [-0.2, -0.15) is 0 Å². The SMILES string of the molecule is CCOc1ccccc1NC(=O)c1cnc(Nc2ccc(C(C)=O)cc2)cn1. The highest BCUT2D eigenvalue weighted by atomic mass is 16.5. The number of rotatable bonds is 7. The lowest BCUT2D eigenvalue weighted by Crippen LogP contribution is -2.15. The summed E-state index contributed by atoms with van der Waals surface area (Å²) in [5.74, 6) is 0.713. The Kier molecular flexibility index (Phi) is 5.96. The number of nitrogens with zero attached hydrogens (tertiary/aromatic N) is 2. The Balaban J connectivity index is 1.67. The lowest BCUT2D eigenvalue weighted by atomic mass is 10.1. The molecule has 28 heavy (non-hydrogen) atoms. The van der Waals surface area contributed by atoms with E-state index in [-0.39, 0.29) is 17.4 Å². The van der Waals surface area contributed by atoms with Crippen LogP contribution in [0.15, 0.2) is 60.9 Å². The van der Waals surface area contributed by atoms with E-state index in [1.54, 1.807) is 36.4 Å². The molecular weight excluding hydrogens is 356 g/mol. The number of ketones is 1. The Morgan fingerprint density at radius 1 is 1.00 bits per heavy atom. The zero-order valence-electron chi connectivity index (χ0n) is 15.6. The van der Waals surface area contributed by atoms with E-state index in [9.17, 15) is 9.59 Å². The molecule has 3 aromatic rings. The Labute approximate surface area is 162 Å². The molecule has 2 N–H and O–H groups in total. The van der Waals surface area contributed by atoms with Crippen LogP contribution in [0.1, 0.15) is 34.7 Å². The molecule has 0 saturated carbocycles. The molecule has 1 amide bonds. The predicted molar refractivity (Wildman–Crippen MR) is 107 cm³/mol. The number of amides is 1. The van der Waals surface area contributed by atoms with E-state index in [0.717, 1.165) is 5.69 Å². The van der Waals surface area contributed by atoms with Crippen LogP contribution in [-0.2, 0) is 0 Å². The van der Waals surface area contributed by atoms with Gasteiger partial charge >= 0.3 is 0 Å². The van der Waals surface area contributed by atoms with Crippen LogP contribution in [0, 0.1) is 0 Å². The number of carbonyl (C=O) groups excluding carboxylic acids is 2. The van der Waals surface area contributed by atoms with Crippen molar-refractivity contribution in [1.29, 1.82) is 0 Å². The van der Waals surface area contributed by atoms with Gasteiger partial charge in [0.05, 0.1) is 24.7 Å². The Hall–Kier alpha value is -3.74. The molecule has 2 aromatic carbocycles. The van der Waals surface area contributed by atoms with Gasteiger partial charge in [-0.05, 0) is 50.2 Å². The van der Waals surface area contributed by atoms with Crippen LogP contribution >= 0.6 is 0 Å². The average Bonchev–Trinajstić information content (AvgIpc) is 2.70. The number of carbonyl (C=O) groups is 2. The number of Topliss-reactive ketones (excluding diaryl/α,β-unsaturated/α-hetero) is 1. The molecule has 0 unspecified atom stereocenters. The molecule has 3 rings (SSSR count). The molecule has 1 heterocycles. The van der Waals surface area contributed by atoms with Crippen LogP contribution in [0.2, 0.25) is 0 Å². The Bertz CT molecular complexity index is 970. The van der Waals surface area contributed by atoms with Crippen LogP contribution < -0.4 is 15.4 Å². The highest BCUT2D eigenvalue weighted by molar-refractivity contribution is 6.03. The van der Waals surface area contributed by atoms with Gasteiger partial charge in [0.15, 0.2) is 5.78 Å². The van der Waals surface area contributed by atoms with Crippen molar-refractivity contribution in [1.82, 2.24) is 9.97 Å². The van der Waals surface area contributed by atoms with Crippen LogP contribution in [0.5, 0.6) is 5.75 Å². The maximum atomic E-state index is 12.4. The summed E-state index contributed by atoms with van der Waals surface area (Å²) in [5.41, 5.74) is 2.16. The summed E-state index contributed by atoms with van der Waals surface area (Å²) in [7, 11) is 0. The maximum Gasteiger partial charge on any atom is 0.275 e. The third-order valence-electron chi connectivity index (χ3n) is 3.88. The molecule has 142 valence electrons. The monoisotopic (exact) mass is 376 g/mol. The normalized spacial score (nSPS) is 10.2. The van der Waals surface area contributed by atoms with Gasteiger partial charge in [0.2, 0.25) is 0 Å². The van der Waals surface area contributed by atoms with E-state index in [1.807, 2.05) is 19.1 Å². The number of anilines is 3. The predicted octanol–water partition coefficient (Wildman–Crippen LogP) is 4.07. The zero-order chi connectivity index (χ0) is 19.9. The van der Waals surface area contributed by atoms with E-state index in [1.165, 1.54) is 19.3 Å². The van der Waals surface area contributed by atoms with Gasteiger partial charge in [-0.1, -0.05) is 12.1 Å². The van der Waals surface area contributed by atoms with Crippen LogP contribution in [-0.4, -0.2) is 28.3 Å². The third-order valence-corrected chi connectivity index (χ3v) is 3.88. The average molecular weight is 376 g/mol. The molecule has 0 bridgehead atoms. The second-order valence-corrected chi connectivity index (χ2v) is 5.93. The minimum absolute atomic E-state index is 0.00705. The zero-order valence-corrected chi connectivity index (χ0v) is 15.6. The molecule has 0 aliphatic rings. The molecule has 0 aliphatic carbocycles. The molecule has 0 atom stereocenters. The van der Waals surface area contributed by atoms with Gasteiger partial charge in [0, 0.05) is 11.3 Å². The number of benzene rings is 2. The third kappa shape index (κ3) is 4.70. The molecule has 0 radical (unpaired) electrons. The molecule has 0 aliphatic heterocycles. The van der Waals surface area contributed by atoms with E-state index < -0.39 is 0 Å².